The third-order valence-corrected chi connectivity index (χ3v) is 3.86. The van der Waals surface area contributed by atoms with E-state index in [-0.39, 0.29) is 11.9 Å². The van der Waals surface area contributed by atoms with Crippen LogP contribution in [0.1, 0.15) is 24.4 Å². The first-order valence-corrected chi connectivity index (χ1v) is 6.50. The van der Waals surface area contributed by atoms with Crippen LogP contribution in [0.25, 0.3) is 0 Å². The van der Waals surface area contributed by atoms with Crippen molar-refractivity contribution in [2.75, 3.05) is 13.2 Å². The Balaban J connectivity index is 2.18. The largest absolute Gasteiger partial charge is 0.381 e. The number of nitrogens with two attached hydrogens (primary N) is 1. The average Bonchev–Trinajstić information content (AvgIpc) is 2.36. The van der Waals surface area contributed by atoms with Crippen LogP contribution in [0.5, 0.6) is 0 Å². The second kappa shape index (κ2) is 5.91. The fourth-order valence-electron chi connectivity index (χ4n) is 2.26. The summed E-state index contributed by atoms with van der Waals surface area (Å²) in [4.78, 5) is 0. The molecular formula is C12H16BrFN2O. The molecule has 1 aromatic carbocycles. The summed E-state index contributed by atoms with van der Waals surface area (Å²) in [7, 11) is 0. The summed E-state index contributed by atoms with van der Waals surface area (Å²) < 4.78 is 19.3. The summed E-state index contributed by atoms with van der Waals surface area (Å²) in [5.74, 6) is 5.74. The SMILES string of the molecule is NNC(c1ccc(Br)c(F)c1)C1CCOCC1. The molecule has 1 saturated heterocycles. The maximum Gasteiger partial charge on any atom is 0.137 e. The topological polar surface area (TPSA) is 47.3 Å². The number of rotatable bonds is 3. The highest BCUT2D eigenvalue weighted by molar-refractivity contribution is 9.10. The van der Waals surface area contributed by atoms with Crippen LogP contribution in [-0.2, 0) is 4.74 Å². The number of nitrogens with one attached hydrogen (secondary N) is 1. The van der Waals surface area contributed by atoms with Crippen molar-refractivity contribution in [2.45, 2.75) is 18.9 Å². The Morgan fingerprint density at radius 1 is 1.41 bits per heavy atom. The minimum absolute atomic E-state index is 0.0125. The number of hydrogen-bond acceptors (Lipinski definition) is 3. The molecule has 1 unspecified atom stereocenters. The fraction of sp³-hybridized carbons (Fsp3) is 0.500. The zero-order valence-electron chi connectivity index (χ0n) is 9.46. The maximum absolute atomic E-state index is 13.5. The van der Waals surface area contributed by atoms with E-state index in [1.165, 1.54) is 6.07 Å². The summed E-state index contributed by atoms with van der Waals surface area (Å²) in [6, 6.07) is 5.13. The van der Waals surface area contributed by atoms with Gasteiger partial charge in [0, 0.05) is 19.3 Å². The van der Waals surface area contributed by atoms with Gasteiger partial charge in [-0.2, -0.15) is 0 Å². The van der Waals surface area contributed by atoms with Crippen molar-refractivity contribution >= 4 is 15.9 Å². The monoisotopic (exact) mass is 302 g/mol. The highest BCUT2D eigenvalue weighted by Crippen LogP contribution is 2.30. The first-order chi connectivity index (χ1) is 8.22. The molecule has 0 saturated carbocycles. The van der Waals surface area contributed by atoms with E-state index in [1.807, 2.05) is 6.07 Å². The summed E-state index contributed by atoms with van der Waals surface area (Å²) in [6.45, 7) is 1.50. The molecule has 5 heteroatoms. The predicted molar refractivity (Wildman–Crippen MR) is 67.7 cm³/mol. The second-order valence-corrected chi connectivity index (χ2v) is 5.12. The minimum Gasteiger partial charge on any atom is -0.381 e. The summed E-state index contributed by atoms with van der Waals surface area (Å²) >= 11 is 3.15. The van der Waals surface area contributed by atoms with Gasteiger partial charge in [-0.25, -0.2) is 4.39 Å². The van der Waals surface area contributed by atoms with E-state index in [9.17, 15) is 4.39 Å². The third-order valence-electron chi connectivity index (χ3n) is 3.22. The maximum atomic E-state index is 13.5. The summed E-state index contributed by atoms with van der Waals surface area (Å²) in [6.07, 6.45) is 1.90. The number of ether oxygens (including phenoxy) is 1. The van der Waals surface area contributed by atoms with Gasteiger partial charge in [-0.3, -0.25) is 11.3 Å². The van der Waals surface area contributed by atoms with Gasteiger partial charge < -0.3 is 4.74 Å². The van der Waals surface area contributed by atoms with Gasteiger partial charge in [-0.1, -0.05) is 6.07 Å². The lowest BCUT2D eigenvalue weighted by Crippen LogP contribution is -2.36. The van der Waals surface area contributed by atoms with Crippen molar-refractivity contribution in [2.24, 2.45) is 11.8 Å². The Kier molecular flexibility index (Phi) is 4.50. The smallest absolute Gasteiger partial charge is 0.137 e. The highest BCUT2D eigenvalue weighted by atomic mass is 79.9. The van der Waals surface area contributed by atoms with Gasteiger partial charge >= 0.3 is 0 Å². The van der Waals surface area contributed by atoms with E-state index in [0.717, 1.165) is 31.6 Å². The van der Waals surface area contributed by atoms with Gasteiger partial charge in [0.2, 0.25) is 0 Å². The molecule has 17 heavy (non-hydrogen) atoms. The van der Waals surface area contributed by atoms with Crippen molar-refractivity contribution in [3.8, 4) is 0 Å². The molecule has 1 aliphatic rings. The summed E-state index contributed by atoms with van der Waals surface area (Å²) in [5.41, 5.74) is 3.69. The van der Waals surface area contributed by atoms with Gasteiger partial charge in [-0.05, 0) is 52.4 Å². The third kappa shape index (κ3) is 3.04. The highest BCUT2D eigenvalue weighted by Gasteiger charge is 2.24. The number of hydrogen-bond donors (Lipinski definition) is 2. The molecule has 0 aliphatic carbocycles. The molecule has 1 atom stereocenters. The number of benzene rings is 1. The van der Waals surface area contributed by atoms with Crippen LogP contribution in [0.4, 0.5) is 4.39 Å². The Hall–Kier alpha value is -0.490. The van der Waals surface area contributed by atoms with Gasteiger partial charge in [0.05, 0.1) is 4.47 Å². The quantitative estimate of drug-likeness (QED) is 0.666. The van der Waals surface area contributed by atoms with Gasteiger partial charge in [0.1, 0.15) is 5.82 Å². The predicted octanol–water partition coefficient (Wildman–Crippen LogP) is 2.52. The Morgan fingerprint density at radius 2 is 2.12 bits per heavy atom. The number of hydrazine groups is 1. The minimum atomic E-state index is -0.255. The normalized spacial score (nSPS) is 19.2. The Labute approximate surface area is 109 Å². The van der Waals surface area contributed by atoms with Crippen LogP contribution in [0, 0.1) is 11.7 Å². The Bertz CT molecular complexity index is 383. The Morgan fingerprint density at radius 3 is 2.71 bits per heavy atom. The van der Waals surface area contributed by atoms with E-state index in [2.05, 4.69) is 21.4 Å². The first kappa shape index (κ1) is 13.0. The van der Waals surface area contributed by atoms with Crippen molar-refractivity contribution in [1.82, 2.24) is 5.43 Å². The molecule has 0 radical (unpaired) electrons. The zero-order chi connectivity index (χ0) is 12.3. The van der Waals surface area contributed by atoms with Gasteiger partial charge in [0.25, 0.3) is 0 Å². The van der Waals surface area contributed by atoms with E-state index >= 15 is 0 Å². The summed E-state index contributed by atoms with van der Waals surface area (Å²) in [5, 5.41) is 0. The molecular weight excluding hydrogens is 287 g/mol. The molecule has 3 nitrogen and oxygen atoms in total. The van der Waals surface area contributed by atoms with Crippen molar-refractivity contribution in [3.05, 3.63) is 34.1 Å². The lowest BCUT2D eigenvalue weighted by atomic mass is 9.87. The lowest BCUT2D eigenvalue weighted by Gasteiger charge is -2.30. The average molecular weight is 303 g/mol. The molecule has 0 aromatic heterocycles. The van der Waals surface area contributed by atoms with Gasteiger partial charge in [-0.15, -0.1) is 0 Å². The lowest BCUT2D eigenvalue weighted by molar-refractivity contribution is 0.0536. The molecule has 1 aliphatic heterocycles. The van der Waals surface area contributed by atoms with Crippen molar-refractivity contribution in [1.29, 1.82) is 0 Å². The fourth-order valence-corrected chi connectivity index (χ4v) is 2.51. The van der Waals surface area contributed by atoms with Crippen LogP contribution in [0.3, 0.4) is 0 Å². The van der Waals surface area contributed by atoms with E-state index in [4.69, 9.17) is 10.6 Å². The van der Waals surface area contributed by atoms with Gasteiger partial charge in [0.15, 0.2) is 0 Å². The molecule has 1 fully saturated rings. The van der Waals surface area contributed by atoms with Crippen LogP contribution in [-0.4, -0.2) is 13.2 Å². The molecule has 0 bridgehead atoms. The molecule has 94 valence electrons. The number of halogens is 2. The van der Waals surface area contributed by atoms with E-state index < -0.39 is 0 Å². The van der Waals surface area contributed by atoms with Crippen molar-refractivity contribution in [3.63, 3.8) is 0 Å². The standard InChI is InChI=1S/C12H16BrFN2O/c13-10-2-1-9(7-11(10)14)12(16-15)8-3-5-17-6-4-8/h1-2,7-8,12,16H,3-6,15H2. The van der Waals surface area contributed by atoms with Crippen LogP contribution in [0.15, 0.2) is 22.7 Å². The van der Waals surface area contributed by atoms with Crippen molar-refractivity contribution < 1.29 is 9.13 Å². The van der Waals surface area contributed by atoms with Crippen LogP contribution in [0.2, 0.25) is 0 Å². The molecule has 0 amide bonds. The van der Waals surface area contributed by atoms with Crippen LogP contribution >= 0.6 is 15.9 Å². The first-order valence-electron chi connectivity index (χ1n) is 5.71. The molecule has 3 N–H and O–H groups in total. The molecule has 1 aromatic rings. The second-order valence-electron chi connectivity index (χ2n) is 4.27. The van der Waals surface area contributed by atoms with Crippen LogP contribution < -0.4 is 11.3 Å². The van der Waals surface area contributed by atoms with E-state index in [1.54, 1.807) is 6.07 Å². The zero-order valence-corrected chi connectivity index (χ0v) is 11.0. The molecule has 1 heterocycles. The van der Waals surface area contributed by atoms with E-state index in [0.29, 0.717) is 10.4 Å². The molecule has 0 spiro atoms. The molecule has 2 rings (SSSR count).